The zero-order valence-corrected chi connectivity index (χ0v) is 14.4. The van der Waals surface area contributed by atoms with Crippen molar-refractivity contribution >= 4 is 5.97 Å². The van der Waals surface area contributed by atoms with Crippen molar-refractivity contribution < 1.29 is 19.0 Å². The minimum Gasteiger partial charge on any atom is -0.496 e. The van der Waals surface area contributed by atoms with Crippen LogP contribution in [0.25, 0.3) is 11.1 Å². The lowest BCUT2D eigenvalue weighted by Crippen LogP contribution is -2.33. The molecule has 2 rings (SSSR count). The van der Waals surface area contributed by atoms with Crippen molar-refractivity contribution in [2.24, 2.45) is 5.73 Å². The van der Waals surface area contributed by atoms with Crippen molar-refractivity contribution in [3.8, 4) is 28.7 Å². The number of nitriles is 1. The van der Waals surface area contributed by atoms with E-state index < -0.39 is 12.0 Å². The number of methoxy groups -OCH3 is 3. The Morgan fingerprint density at radius 2 is 1.68 bits per heavy atom. The molecule has 0 aliphatic carbocycles. The topological polar surface area (TPSA) is 94.6 Å². The molecule has 0 radical (unpaired) electrons. The Balaban J connectivity index is 2.37. The van der Waals surface area contributed by atoms with Crippen LogP contribution in [0.3, 0.4) is 0 Å². The Bertz CT molecular complexity index is 769. The largest absolute Gasteiger partial charge is 0.496 e. The van der Waals surface area contributed by atoms with Gasteiger partial charge >= 0.3 is 5.97 Å². The molecule has 1 atom stereocenters. The summed E-state index contributed by atoms with van der Waals surface area (Å²) in [4.78, 5) is 11.4. The van der Waals surface area contributed by atoms with E-state index in [1.165, 1.54) is 7.11 Å². The van der Waals surface area contributed by atoms with E-state index in [1.54, 1.807) is 26.4 Å². The highest BCUT2D eigenvalue weighted by Crippen LogP contribution is 2.39. The molecule has 0 saturated heterocycles. The molecule has 0 aromatic heterocycles. The van der Waals surface area contributed by atoms with Crippen molar-refractivity contribution in [2.75, 3.05) is 21.3 Å². The Morgan fingerprint density at radius 3 is 2.12 bits per heavy atom. The maximum Gasteiger partial charge on any atom is 0.322 e. The molecule has 2 aromatic carbocycles. The predicted octanol–water partition coefficient (Wildman–Crippen LogP) is 2.29. The Labute approximate surface area is 146 Å². The van der Waals surface area contributed by atoms with E-state index in [0.717, 1.165) is 16.7 Å². The Kier molecular flexibility index (Phi) is 5.98. The first-order valence-electron chi connectivity index (χ1n) is 7.62. The summed E-state index contributed by atoms with van der Waals surface area (Å²) in [5, 5.41) is 9.11. The Hall–Kier alpha value is -3.04. The summed E-state index contributed by atoms with van der Waals surface area (Å²) >= 11 is 0. The molecule has 0 aliphatic rings. The molecule has 2 N–H and O–H groups in total. The fourth-order valence-electron chi connectivity index (χ4n) is 2.56. The first-order valence-corrected chi connectivity index (χ1v) is 7.62. The number of hydrogen-bond donors (Lipinski definition) is 1. The summed E-state index contributed by atoms with van der Waals surface area (Å²) in [7, 11) is 4.40. The van der Waals surface area contributed by atoms with Crippen LogP contribution in [0, 0.1) is 11.3 Å². The first-order chi connectivity index (χ1) is 12.0. The van der Waals surface area contributed by atoms with E-state index in [-0.39, 0.29) is 0 Å². The fourth-order valence-corrected chi connectivity index (χ4v) is 2.56. The van der Waals surface area contributed by atoms with Crippen LogP contribution in [0.1, 0.15) is 11.1 Å². The van der Waals surface area contributed by atoms with Gasteiger partial charge in [0.25, 0.3) is 0 Å². The van der Waals surface area contributed by atoms with Gasteiger partial charge in [-0.25, -0.2) is 0 Å². The molecule has 1 unspecified atom stereocenters. The zero-order chi connectivity index (χ0) is 18.4. The van der Waals surface area contributed by atoms with E-state index in [9.17, 15) is 4.79 Å². The number of esters is 1. The normalized spacial score (nSPS) is 11.3. The average Bonchev–Trinajstić information content (AvgIpc) is 2.66. The minimum absolute atomic E-state index is 0.384. The number of ether oxygens (including phenoxy) is 3. The second-order valence-electron chi connectivity index (χ2n) is 5.40. The van der Waals surface area contributed by atoms with Gasteiger partial charge in [-0.05, 0) is 29.7 Å². The van der Waals surface area contributed by atoms with Gasteiger partial charge in [-0.2, -0.15) is 5.26 Å². The van der Waals surface area contributed by atoms with Gasteiger partial charge < -0.3 is 19.9 Å². The van der Waals surface area contributed by atoms with E-state index in [0.29, 0.717) is 23.5 Å². The fraction of sp³-hybridized carbons (Fsp3) is 0.263. The summed E-state index contributed by atoms with van der Waals surface area (Å²) in [6.45, 7) is 0. The molecule has 0 aliphatic heterocycles. The van der Waals surface area contributed by atoms with Gasteiger partial charge in [0.1, 0.15) is 17.5 Å². The van der Waals surface area contributed by atoms with E-state index in [4.69, 9.17) is 20.5 Å². The molecule has 0 heterocycles. The quantitative estimate of drug-likeness (QED) is 0.811. The van der Waals surface area contributed by atoms with Crippen LogP contribution in [0.5, 0.6) is 11.5 Å². The summed E-state index contributed by atoms with van der Waals surface area (Å²) < 4.78 is 15.5. The van der Waals surface area contributed by atoms with Gasteiger partial charge in [0.2, 0.25) is 0 Å². The van der Waals surface area contributed by atoms with E-state index >= 15 is 0 Å². The van der Waals surface area contributed by atoms with E-state index in [1.807, 2.05) is 24.3 Å². The molecular weight excluding hydrogens is 320 g/mol. The molecule has 0 amide bonds. The lowest BCUT2D eigenvalue weighted by Gasteiger charge is -2.15. The number of benzene rings is 2. The number of rotatable bonds is 6. The number of nitrogens with zero attached hydrogens (tertiary/aromatic N) is 1. The van der Waals surface area contributed by atoms with Crippen LogP contribution in [-0.4, -0.2) is 33.3 Å². The molecule has 6 nitrogen and oxygen atoms in total. The Morgan fingerprint density at radius 1 is 1.12 bits per heavy atom. The van der Waals surface area contributed by atoms with Gasteiger partial charge in [0, 0.05) is 0 Å². The van der Waals surface area contributed by atoms with Crippen molar-refractivity contribution in [1.82, 2.24) is 0 Å². The van der Waals surface area contributed by atoms with Gasteiger partial charge in [0.05, 0.1) is 38.5 Å². The van der Waals surface area contributed by atoms with Crippen LogP contribution in [0.4, 0.5) is 0 Å². The van der Waals surface area contributed by atoms with Gasteiger partial charge in [0.15, 0.2) is 0 Å². The van der Waals surface area contributed by atoms with Crippen molar-refractivity contribution in [3.63, 3.8) is 0 Å². The van der Waals surface area contributed by atoms with Crippen LogP contribution in [0.2, 0.25) is 0 Å². The molecule has 6 heteroatoms. The maximum absolute atomic E-state index is 11.4. The third-order valence-electron chi connectivity index (χ3n) is 3.84. The van der Waals surface area contributed by atoms with Crippen LogP contribution >= 0.6 is 0 Å². The smallest absolute Gasteiger partial charge is 0.322 e. The lowest BCUT2D eigenvalue weighted by atomic mass is 9.98. The highest BCUT2D eigenvalue weighted by molar-refractivity contribution is 5.79. The third-order valence-corrected chi connectivity index (χ3v) is 3.84. The molecule has 0 bridgehead atoms. The van der Waals surface area contributed by atoms with Crippen LogP contribution in [0.15, 0.2) is 36.4 Å². The molecule has 130 valence electrons. The molecule has 0 fully saturated rings. The van der Waals surface area contributed by atoms with E-state index in [2.05, 4.69) is 10.8 Å². The third kappa shape index (κ3) is 4.08. The SMILES string of the molecule is COC(=O)C(N)Cc1ccc(-c2c(OC)cc(C#N)cc2OC)cc1. The minimum atomic E-state index is -0.699. The predicted molar refractivity (Wildman–Crippen MR) is 93.4 cm³/mol. The molecule has 0 spiro atoms. The van der Waals surface area contributed by atoms with Gasteiger partial charge in [-0.15, -0.1) is 0 Å². The average molecular weight is 340 g/mol. The number of hydrogen-bond acceptors (Lipinski definition) is 6. The highest BCUT2D eigenvalue weighted by Gasteiger charge is 2.17. The standard InChI is InChI=1S/C19H20N2O4/c1-23-16-9-13(11-20)10-17(24-2)18(16)14-6-4-12(5-7-14)8-15(21)19(22)25-3/h4-7,9-10,15H,8,21H2,1-3H3. The number of carbonyl (C=O) groups is 1. The zero-order valence-electron chi connectivity index (χ0n) is 14.4. The molecule has 0 saturated carbocycles. The first kappa shape index (κ1) is 18.3. The molecular formula is C19H20N2O4. The van der Waals surface area contributed by atoms with Crippen LogP contribution in [-0.2, 0) is 16.0 Å². The second kappa shape index (κ2) is 8.18. The summed E-state index contributed by atoms with van der Waals surface area (Å²) in [5.41, 5.74) is 8.78. The summed E-state index contributed by atoms with van der Waals surface area (Å²) in [6, 6.07) is 12.3. The number of nitrogens with two attached hydrogens (primary N) is 1. The van der Waals surface area contributed by atoms with Crippen molar-refractivity contribution in [1.29, 1.82) is 5.26 Å². The van der Waals surface area contributed by atoms with Crippen LogP contribution < -0.4 is 15.2 Å². The molecule has 2 aromatic rings. The lowest BCUT2D eigenvalue weighted by molar-refractivity contribution is -0.142. The highest BCUT2D eigenvalue weighted by atomic mass is 16.5. The number of carbonyl (C=O) groups excluding carboxylic acids is 1. The maximum atomic E-state index is 11.4. The second-order valence-corrected chi connectivity index (χ2v) is 5.40. The van der Waals surface area contributed by atoms with Crippen molar-refractivity contribution in [2.45, 2.75) is 12.5 Å². The summed E-state index contributed by atoms with van der Waals surface area (Å²) in [5.74, 6) is 0.657. The van der Waals surface area contributed by atoms with Gasteiger partial charge in [-0.1, -0.05) is 24.3 Å². The summed E-state index contributed by atoms with van der Waals surface area (Å²) in [6.07, 6.45) is 0.384. The van der Waals surface area contributed by atoms with Crippen molar-refractivity contribution in [3.05, 3.63) is 47.5 Å². The monoisotopic (exact) mass is 340 g/mol. The molecule has 25 heavy (non-hydrogen) atoms. The van der Waals surface area contributed by atoms with Gasteiger partial charge in [-0.3, -0.25) is 4.79 Å².